The Morgan fingerprint density at radius 3 is 2.80 bits per heavy atom. The second-order valence-electron chi connectivity index (χ2n) is 3.29. The second-order valence-corrected chi connectivity index (χ2v) is 3.29. The quantitative estimate of drug-likeness (QED) is 0.595. The molecule has 0 aliphatic heterocycles. The fraction of sp³-hybridized carbons (Fsp3) is 0.875. The van der Waals surface area contributed by atoms with Crippen molar-refractivity contribution in [2.24, 2.45) is 11.7 Å². The lowest BCUT2D eigenvalue weighted by molar-refractivity contribution is 0.487. The SMILES string of the molecule is CCC1CCC(N)(C#N)C1. The minimum absolute atomic E-state index is 0.485. The molecule has 1 aliphatic rings. The number of hydrogen-bond acceptors (Lipinski definition) is 2. The molecule has 2 unspecified atom stereocenters. The van der Waals surface area contributed by atoms with Crippen LogP contribution in [0, 0.1) is 17.2 Å². The highest BCUT2D eigenvalue weighted by atomic mass is 14.8. The van der Waals surface area contributed by atoms with E-state index in [0.717, 1.165) is 19.3 Å². The van der Waals surface area contributed by atoms with Gasteiger partial charge >= 0.3 is 0 Å². The zero-order valence-corrected chi connectivity index (χ0v) is 6.43. The van der Waals surface area contributed by atoms with Crippen molar-refractivity contribution in [1.29, 1.82) is 5.26 Å². The molecule has 0 amide bonds. The first-order valence-corrected chi connectivity index (χ1v) is 3.90. The molecule has 1 aliphatic carbocycles. The van der Waals surface area contributed by atoms with Crippen molar-refractivity contribution >= 4 is 0 Å². The van der Waals surface area contributed by atoms with E-state index in [1.54, 1.807) is 0 Å². The van der Waals surface area contributed by atoms with Gasteiger partial charge in [0.05, 0.1) is 6.07 Å². The molecule has 1 fully saturated rings. The molecular weight excluding hydrogens is 124 g/mol. The number of rotatable bonds is 1. The van der Waals surface area contributed by atoms with Crippen LogP contribution in [0.4, 0.5) is 0 Å². The van der Waals surface area contributed by atoms with Gasteiger partial charge in [-0.05, 0) is 25.2 Å². The van der Waals surface area contributed by atoms with Crippen molar-refractivity contribution in [2.45, 2.75) is 38.1 Å². The molecule has 0 aromatic carbocycles. The topological polar surface area (TPSA) is 49.8 Å². The third-order valence-corrected chi connectivity index (χ3v) is 2.45. The fourth-order valence-corrected chi connectivity index (χ4v) is 1.63. The Kier molecular flexibility index (Phi) is 1.96. The lowest BCUT2D eigenvalue weighted by Gasteiger charge is -2.12. The smallest absolute Gasteiger partial charge is 0.104 e. The summed E-state index contributed by atoms with van der Waals surface area (Å²) in [4.78, 5) is 0. The normalized spacial score (nSPS) is 39.5. The zero-order chi connectivity index (χ0) is 7.61. The highest BCUT2D eigenvalue weighted by Crippen LogP contribution is 2.33. The molecule has 0 spiro atoms. The average Bonchev–Trinajstić information content (AvgIpc) is 2.33. The first-order valence-electron chi connectivity index (χ1n) is 3.90. The molecule has 1 rings (SSSR count). The van der Waals surface area contributed by atoms with Crippen LogP contribution in [-0.2, 0) is 0 Å². The summed E-state index contributed by atoms with van der Waals surface area (Å²) in [6, 6.07) is 2.18. The summed E-state index contributed by atoms with van der Waals surface area (Å²) in [5.74, 6) is 0.699. The highest BCUT2D eigenvalue weighted by Gasteiger charge is 2.34. The molecule has 10 heavy (non-hydrogen) atoms. The average molecular weight is 138 g/mol. The van der Waals surface area contributed by atoms with Crippen molar-refractivity contribution in [1.82, 2.24) is 0 Å². The van der Waals surface area contributed by atoms with E-state index in [9.17, 15) is 0 Å². The van der Waals surface area contributed by atoms with Crippen molar-refractivity contribution in [2.75, 3.05) is 0 Å². The summed E-state index contributed by atoms with van der Waals surface area (Å²) in [6.07, 6.45) is 4.10. The van der Waals surface area contributed by atoms with E-state index in [2.05, 4.69) is 13.0 Å². The number of nitrogens with zero attached hydrogens (tertiary/aromatic N) is 1. The van der Waals surface area contributed by atoms with E-state index in [-0.39, 0.29) is 0 Å². The van der Waals surface area contributed by atoms with Crippen molar-refractivity contribution in [3.63, 3.8) is 0 Å². The van der Waals surface area contributed by atoms with Gasteiger partial charge in [0.1, 0.15) is 5.54 Å². The van der Waals surface area contributed by atoms with E-state index in [1.807, 2.05) is 0 Å². The van der Waals surface area contributed by atoms with Gasteiger partial charge in [-0.2, -0.15) is 5.26 Å². The fourth-order valence-electron chi connectivity index (χ4n) is 1.63. The molecule has 2 heteroatoms. The monoisotopic (exact) mass is 138 g/mol. The number of nitriles is 1. The van der Waals surface area contributed by atoms with Gasteiger partial charge in [0.25, 0.3) is 0 Å². The zero-order valence-electron chi connectivity index (χ0n) is 6.43. The molecule has 0 aromatic rings. The Labute approximate surface area is 62.0 Å². The van der Waals surface area contributed by atoms with E-state index in [1.165, 1.54) is 6.42 Å². The minimum atomic E-state index is -0.485. The molecule has 2 N–H and O–H groups in total. The Morgan fingerprint density at radius 2 is 2.50 bits per heavy atom. The molecule has 0 saturated heterocycles. The van der Waals surface area contributed by atoms with Crippen molar-refractivity contribution in [3.8, 4) is 6.07 Å². The van der Waals surface area contributed by atoms with Crippen LogP contribution in [0.2, 0.25) is 0 Å². The Bertz CT molecular complexity index is 159. The Balaban J connectivity index is 2.51. The summed E-state index contributed by atoms with van der Waals surface area (Å²) in [5, 5.41) is 8.66. The molecule has 0 bridgehead atoms. The van der Waals surface area contributed by atoms with Crippen LogP contribution in [0.1, 0.15) is 32.6 Å². The van der Waals surface area contributed by atoms with Crippen LogP contribution in [0.25, 0.3) is 0 Å². The van der Waals surface area contributed by atoms with Gasteiger partial charge in [-0.1, -0.05) is 13.3 Å². The summed E-state index contributed by atoms with van der Waals surface area (Å²) in [7, 11) is 0. The third-order valence-electron chi connectivity index (χ3n) is 2.45. The van der Waals surface area contributed by atoms with Gasteiger partial charge in [-0.3, -0.25) is 0 Å². The second kappa shape index (κ2) is 2.59. The largest absolute Gasteiger partial charge is 0.313 e. The van der Waals surface area contributed by atoms with E-state index in [4.69, 9.17) is 11.0 Å². The van der Waals surface area contributed by atoms with Gasteiger partial charge in [0.2, 0.25) is 0 Å². The number of hydrogen-bond donors (Lipinski definition) is 1. The minimum Gasteiger partial charge on any atom is -0.313 e. The molecule has 2 nitrogen and oxygen atoms in total. The van der Waals surface area contributed by atoms with Crippen LogP contribution in [0.3, 0.4) is 0 Å². The van der Waals surface area contributed by atoms with Crippen molar-refractivity contribution in [3.05, 3.63) is 0 Å². The highest BCUT2D eigenvalue weighted by molar-refractivity contribution is 5.09. The molecule has 56 valence electrons. The molecule has 0 aromatic heterocycles. The van der Waals surface area contributed by atoms with Crippen LogP contribution in [0.5, 0.6) is 0 Å². The molecule has 2 atom stereocenters. The maximum atomic E-state index is 8.66. The summed E-state index contributed by atoms with van der Waals surface area (Å²) < 4.78 is 0. The Hall–Kier alpha value is -0.550. The maximum Gasteiger partial charge on any atom is 0.104 e. The molecule has 1 saturated carbocycles. The predicted molar refractivity (Wildman–Crippen MR) is 40.2 cm³/mol. The van der Waals surface area contributed by atoms with Gasteiger partial charge in [0.15, 0.2) is 0 Å². The van der Waals surface area contributed by atoms with Gasteiger partial charge < -0.3 is 5.73 Å². The molecule has 0 radical (unpaired) electrons. The van der Waals surface area contributed by atoms with Crippen LogP contribution < -0.4 is 5.73 Å². The third kappa shape index (κ3) is 1.30. The Morgan fingerprint density at radius 1 is 1.80 bits per heavy atom. The van der Waals surface area contributed by atoms with E-state index < -0.39 is 5.54 Å². The lowest BCUT2D eigenvalue weighted by atomic mass is 9.98. The maximum absolute atomic E-state index is 8.66. The summed E-state index contributed by atoms with van der Waals surface area (Å²) in [6.45, 7) is 2.16. The molecular formula is C8H14N2. The van der Waals surface area contributed by atoms with E-state index >= 15 is 0 Å². The summed E-state index contributed by atoms with van der Waals surface area (Å²) in [5.41, 5.74) is 5.28. The predicted octanol–water partition coefficient (Wildman–Crippen LogP) is 1.42. The lowest BCUT2D eigenvalue weighted by Crippen LogP contribution is -2.34. The van der Waals surface area contributed by atoms with Gasteiger partial charge in [0, 0.05) is 0 Å². The first-order chi connectivity index (χ1) is 4.70. The van der Waals surface area contributed by atoms with Crippen LogP contribution >= 0.6 is 0 Å². The standard InChI is InChI=1S/C8H14N2/c1-2-7-3-4-8(10,5-7)6-9/h7H,2-5,10H2,1H3. The van der Waals surface area contributed by atoms with Gasteiger partial charge in [-0.15, -0.1) is 0 Å². The number of nitrogens with two attached hydrogens (primary N) is 1. The van der Waals surface area contributed by atoms with Gasteiger partial charge in [-0.25, -0.2) is 0 Å². The van der Waals surface area contributed by atoms with Crippen LogP contribution in [0.15, 0.2) is 0 Å². The van der Waals surface area contributed by atoms with E-state index in [0.29, 0.717) is 5.92 Å². The first kappa shape index (κ1) is 7.56. The van der Waals surface area contributed by atoms with Crippen molar-refractivity contribution < 1.29 is 0 Å². The molecule has 0 heterocycles. The summed E-state index contributed by atoms with van der Waals surface area (Å²) >= 11 is 0. The van der Waals surface area contributed by atoms with Crippen LogP contribution in [-0.4, -0.2) is 5.54 Å².